The van der Waals surface area contributed by atoms with Gasteiger partial charge in [-0.1, -0.05) is 12.1 Å². The molecule has 1 N–H and O–H groups in total. The van der Waals surface area contributed by atoms with Crippen molar-refractivity contribution in [3.05, 3.63) is 46.2 Å². The molecule has 0 spiro atoms. The van der Waals surface area contributed by atoms with Gasteiger partial charge in [0.05, 0.1) is 19.9 Å². The molecule has 0 saturated heterocycles. The molecule has 1 aromatic heterocycles. The molecule has 25 heavy (non-hydrogen) atoms. The number of likely N-dealkylation sites (N-methyl/N-ethyl adjacent to an activating group) is 1. The van der Waals surface area contributed by atoms with Crippen LogP contribution in [0.15, 0.2) is 45.7 Å². The minimum Gasteiger partial charge on any atom is -0.495 e. The molecule has 0 bridgehead atoms. The standard InChI is InChI=1S/C16H19N3O4S2/c1-12-6-7-14(23-3)15(9-12)25(21,22)19(2)11-16(20)18-17-10-13-5-4-8-24-13/h4-10H,11H2,1-3H3,(H,18,20). The number of rotatable bonds is 7. The quantitative estimate of drug-likeness (QED) is 0.585. The molecule has 2 rings (SSSR count). The van der Waals surface area contributed by atoms with Gasteiger partial charge in [-0.2, -0.15) is 9.41 Å². The van der Waals surface area contributed by atoms with Gasteiger partial charge in [0.25, 0.3) is 5.91 Å². The molecule has 7 nitrogen and oxygen atoms in total. The second kappa shape index (κ2) is 8.24. The molecular weight excluding hydrogens is 362 g/mol. The number of hydrogen-bond acceptors (Lipinski definition) is 6. The summed E-state index contributed by atoms with van der Waals surface area (Å²) in [6, 6.07) is 8.56. The van der Waals surface area contributed by atoms with Gasteiger partial charge in [-0.3, -0.25) is 4.79 Å². The largest absolute Gasteiger partial charge is 0.495 e. The van der Waals surface area contributed by atoms with Crippen molar-refractivity contribution >= 4 is 33.5 Å². The van der Waals surface area contributed by atoms with Crippen LogP contribution in [0, 0.1) is 6.92 Å². The summed E-state index contributed by atoms with van der Waals surface area (Å²) in [6.07, 6.45) is 1.50. The number of amides is 1. The second-order valence-electron chi connectivity index (χ2n) is 5.22. The minimum atomic E-state index is -3.87. The number of thiophene rings is 1. The first-order chi connectivity index (χ1) is 11.8. The Morgan fingerprint density at radius 2 is 2.16 bits per heavy atom. The van der Waals surface area contributed by atoms with Crippen LogP contribution < -0.4 is 10.2 Å². The minimum absolute atomic E-state index is 0.0207. The van der Waals surface area contributed by atoms with Crippen molar-refractivity contribution < 1.29 is 17.9 Å². The van der Waals surface area contributed by atoms with Crippen molar-refractivity contribution in [1.29, 1.82) is 0 Å². The highest BCUT2D eigenvalue weighted by molar-refractivity contribution is 7.89. The van der Waals surface area contributed by atoms with E-state index in [4.69, 9.17) is 4.74 Å². The van der Waals surface area contributed by atoms with Crippen LogP contribution in [0.25, 0.3) is 0 Å². The zero-order valence-electron chi connectivity index (χ0n) is 14.1. The number of nitrogens with one attached hydrogen (secondary N) is 1. The second-order valence-corrected chi connectivity index (χ2v) is 8.22. The zero-order chi connectivity index (χ0) is 18.4. The molecule has 9 heteroatoms. The van der Waals surface area contributed by atoms with Crippen LogP contribution in [-0.4, -0.2) is 45.5 Å². The first-order valence-corrected chi connectivity index (χ1v) is 9.63. The third-order valence-corrected chi connectivity index (χ3v) is 5.93. The van der Waals surface area contributed by atoms with Crippen molar-refractivity contribution in [3.8, 4) is 5.75 Å². The van der Waals surface area contributed by atoms with Crippen LogP contribution in [0.2, 0.25) is 0 Å². The third kappa shape index (κ3) is 4.88. The maximum Gasteiger partial charge on any atom is 0.255 e. The fraction of sp³-hybridized carbons (Fsp3) is 0.250. The SMILES string of the molecule is COc1ccc(C)cc1S(=O)(=O)N(C)CC(=O)NN=Cc1cccs1. The molecule has 0 aliphatic carbocycles. The van der Waals surface area contributed by atoms with Crippen molar-refractivity contribution in [2.45, 2.75) is 11.8 Å². The Balaban J connectivity index is 2.07. The number of hydrazone groups is 1. The molecule has 2 aromatic rings. The summed E-state index contributed by atoms with van der Waals surface area (Å²) in [6.45, 7) is 1.42. The number of sulfonamides is 1. The number of benzene rings is 1. The molecule has 1 aromatic carbocycles. The Morgan fingerprint density at radius 1 is 1.40 bits per heavy atom. The summed E-state index contributed by atoms with van der Waals surface area (Å²) in [5.74, 6) is -0.306. The van der Waals surface area contributed by atoms with Gasteiger partial charge < -0.3 is 4.74 Å². The maximum atomic E-state index is 12.7. The molecule has 1 heterocycles. The summed E-state index contributed by atoms with van der Waals surface area (Å²) in [5, 5.41) is 5.70. The number of hydrogen-bond donors (Lipinski definition) is 1. The van der Waals surface area contributed by atoms with Gasteiger partial charge in [0.1, 0.15) is 10.6 Å². The van der Waals surface area contributed by atoms with Crippen molar-refractivity contribution in [1.82, 2.24) is 9.73 Å². The molecule has 1 amide bonds. The van der Waals surface area contributed by atoms with E-state index in [0.29, 0.717) is 0 Å². The van der Waals surface area contributed by atoms with E-state index in [0.717, 1.165) is 14.7 Å². The lowest BCUT2D eigenvalue weighted by molar-refractivity contribution is -0.121. The fourth-order valence-corrected chi connectivity index (χ4v) is 3.96. The van der Waals surface area contributed by atoms with Gasteiger partial charge >= 0.3 is 0 Å². The summed E-state index contributed by atoms with van der Waals surface area (Å²) < 4.78 is 31.5. The van der Waals surface area contributed by atoms with Gasteiger partial charge in [-0.05, 0) is 36.1 Å². The monoisotopic (exact) mass is 381 g/mol. The lowest BCUT2D eigenvalue weighted by Crippen LogP contribution is -2.36. The van der Waals surface area contributed by atoms with Crippen molar-refractivity contribution in [3.63, 3.8) is 0 Å². The van der Waals surface area contributed by atoms with E-state index in [9.17, 15) is 13.2 Å². The van der Waals surface area contributed by atoms with E-state index in [1.165, 1.54) is 37.8 Å². The lowest BCUT2D eigenvalue weighted by Gasteiger charge is -2.18. The van der Waals surface area contributed by atoms with Crippen LogP contribution in [-0.2, 0) is 14.8 Å². The maximum absolute atomic E-state index is 12.7. The third-order valence-electron chi connectivity index (χ3n) is 3.30. The number of aryl methyl sites for hydroxylation is 1. The van der Waals surface area contributed by atoms with Crippen LogP contribution in [0.3, 0.4) is 0 Å². The van der Waals surface area contributed by atoms with Crippen LogP contribution in [0.4, 0.5) is 0 Å². The Hall–Kier alpha value is -2.23. The fourth-order valence-electron chi connectivity index (χ4n) is 2.01. The average Bonchev–Trinajstić information content (AvgIpc) is 3.08. The Bertz CT molecular complexity index is 862. The van der Waals surface area contributed by atoms with Crippen LogP contribution in [0.5, 0.6) is 5.75 Å². The average molecular weight is 381 g/mol. The van der Waals surface area contributed by atoms with Gasteiger partial charge in [0.15, 0.2) is 0 Å². The molecule has 0 aliphatic rings. The molecular formula is C16H19N3O4S2. The number of nitrogens with zero attached hydrogens (tertiary/aromatic N) is 2. The molecule has 0 fully saturated rings. The van der Waals surface area contributed by atoms with E-state index < -0.39 is 15.9 Å². The van der Waals surface area contributed by atoms with E-state index in [1.807, 2.05) is 17.5 Å². The van der Waals surface area contributed by atoms with Gasteiger partial charge in [-0.25, -0.2) is 13.8 Å². The van der Waals surface area contributed by atoms with E-state index in [2.05, 4.69) is 10.5 Å². The summed E-state index contributed by atoms with van der Waals surface area (Å²) in [7, 11) is -1.14. The summed E-state index contributed by atoms with van der Waals surface area (Å²) in [4.78, 5) is 12.8. The number of methoxy groups -OCH3 is 1. The van der Waals surface area contributed by atoms with Crippen molar-refractivity contribution in [2.75, 3.05) is 20.7 Å². The first-order valence-electron chi connectivity index (χ1n) is 7.31. The van der Waals surface area contributed by atoms with Gasteiger partial charge in [0.2, 0.25) is 10.0 Å². The van der Waals surface area contributed by atoms with Gasteiger partial charge in [-0.15, -0.1) is 11.3 Å². The Labute approximate surface area is 151 Å². The van der Waals surface area contributed by atoms with E-state index in [-0.39, 0.29) is 17.2 Å². The summed E-state index contributed by atoms with van der Waals surface area (Å²) in [5.41, 5.74) is 3.09. The first kappa shape index (κ1) is 19.1. The predicted octanol–water partition coefficient (Wildman–Crippen LogP) is 1.84. The van der Waals surface area contributed by atoms with Crippen molar-refractivity contribution in [2.24, 2.45) is 5.10 Å². The molecule has 0 aliphatic heterocycles. The highest BCUT2D eigenvalue weighted by Gasteiger charge is 2.26. The molecule has 0 saturated carbocycles. The lowest BCUT2D eigenvalue weighted by atomic mass is 10.2. The van der Waals surface area contributed by atoms with E-state index >= 15 is 0 Å². The normalized spacial score (nSPS) is 11.8. The molecule has 0 atom stereocenters. The smallest absolute Gasteiger partial charge is 0.255 e. The van der Waals surface area contributed by atoms with E-state index in [1.54, 1.807) is 19.1 Å². The van der Waals surface area contributed by atoms with Gasteiger partial charge in [0, 0.05) is 11.9 Å². The number of ether oxygens (including phenoxy) is 1. The number of carbonyl (C=O) groups excluding carboxylic acids is 1. The Kier molecular flexibility index (Phi) is 6.29. The summed E-state index contributed by atoms with van der Waals surface area (Å²) >= 11 is 1.47. The zero-order valence-corrected chi connectivity index (χ0v) is 15.7. The highest BCUT2D eigenvalue weighted by Crippen LogP contribution is 2.26. The van der Waals surface area contributed by atoms with Crippen LogP contribution >= 0.6 is 11.3 Å². The molecule has 0 unspecified atom stereocenters. The number of carbonyl (C=O) groups is 1. The Morgan fingerprint density at radius 3 is 2.80 bits per heavy atom. The molecule has 134 valence electrons. The predicted molar refractivity (Wildman–Crippen MR) is 97.6 cm³/mol. The van der Waals surface area contributed by atoms with Crippen LogP contribution in [0.1, 0.15) is 10.4 Å². The topological polar surface area (TPSA) is 88.1 Å². The highest BCUT2D eigenvalue weighted by atomic mass is 32.2. The molecule has 0 radical (unpaired) electrons.